The number of nitrogens with zero attached hydrogens (tertiary/aromatic N) is 3. The maximum Gasteiger partial charge on any atom is 0.226 e. The summed E-state index contributed by atoms with van der Waals surface area (Å²) in [6.45, 7) is 6.53. The van der Waals surface area contributed by atoms with E-state index in [1.807, 2.05) is 12.3 Å². The molecule has 1 fully saturated rings. The largest absolute Gasteiger partial charge is 0.502 e. The van der Waals surface area contributed by atoms with Gasteiger partial charge < -0.3 is 9.52 Å². The molecule has 1 N–H and O–H groups in total. The first-order chi connectivity index (χ1) is 11.1. The van der Waals surface area contributed by atoms with Crippen LogP contribution in [0.1, 0.15) is 24.3 Å². The van der Waals surface area contributed by atoms with Crippen LogP contribution in [-0.2, 0) is 6.54 Å². The molecule has 6 heteroatoms. The van der Waals surface area contributed by atoms with Crippen LogP contribution in [0.15, 0.2) is 46.1 Å². The van der Waals surface area contributed by atoms with Gasteiger partial charge in [0.15, 0.2) is 5.75 Å². The van der Waals surface area contributed by atoms with Crippen LogP contribution in [0.3, 0.4) is 0 Å². The molecule has 0 radical (unpaired) electrons. The number of rotatable bonds is 4. The summed E-state index contributed by atoms with van der Waals surface area (Å²) in [5.74, 6) is 0.241. The zero-order valence-electron chi connectivity index (χ0n) is 13.2. The molecule has 1 aliphatic heterocycles. The van der Waals surface area contributed by atoms with Crippen LogP contribution >= 0.6 is 0 Å². The Morgan fingerprint density at radius 1 is 1.35 bits per heavy atom. The van der Waals surface area contributed by atoms with E-state index in [4.69, 9.17) is 4.42 Å². The second-order valence-electron chi connectivity index (χ2n) is 5.87. The van der Waals surface area contributed by atoms with Crippen LogP contribution in [0, 0.1) is 0 Å². The number of aromatic hydroxyl groups is 1. The average Bonchev–Trinajstić information content (AvgIpc) is 2.59. The lowest BCUT2D eigenvalue weighted by molar-refractivity contribution is 0.0926. The molecule has 0 aliphatic carbocycles. The van der Waals surface area contributed by atoms with Crippen molar-refractivity contribution in [1.29, 1.82) is 0 Å². The smallest absolute Gasteiger partial charge is 0.226 e. The first-order valence-electron chi connectivity index (χ1n) is 7.80. The first kappa shape index (κ1) is 15.7. The van der Waals surface area contributed by atoms with Crippen LogP contribution in [0.4, 0.5) is 0 Å². The Labute approximate surface area is 135 Å². The molecule has 0 spiro atoms. The molecule has 3 rings (SSSR count). The van der Waals surface area contributed by atoms with Crippen molar-refractivity contribution in [3.8, 4) is 5.75 Å². The van der Waals surface area contributed by atoms with Crippen molar-refractivity contribution in [3.63, 3.8) is 0 Å². The molecule has 1 atom stereocenters. The second-order valence-corrected chi connectivity index (χ2v) is 5.87. The maximum atomic E-state index is 11.4. The summed E-state index contributed by atoms with van der Waals surface area (Å²) in [6.07, 6.45) is 4.82. The Kier molecular flexibility index (Phi) is 4.73. The fourth-order valence-corrected chi connectivity index (χ4v) is 2.89. The van der Waals surface area contributed by atoms with Crippen LogP contribution < -0.4 is 5.43 Å². The molecule has 122 valence electrons. The van der Waals surface area contributed by atoms with Crippen molar-refractivity contribution < 1.29 is 9.52 Å². The summed E-state index contributed by atoms with van der Waals surface area (Å²) in [7, 11) is 0. The number of aromatic nitrogens is 1. The summed E-state index contributed by atoms with van der Waals surface area (Å²) >= 11 is 0. The molecule has 23 heavy (non-hydrogen) atoms. The van der Waals surface area contributed by atoms with E-state index in [0.717, 1.165) is 32.4 Å². The van der Waals surface area contributed by atoms with Gasteiger partial charge in [0.1, 0.15) is 12.0 Å². The number of hydrogen-bond donors (Lipinski definition) is 1. The molecule has 0 aromatic carbocycles. The van der Waals surface area contributed by atoms with Gasteiger partial charge in [0.25, 0.3) is 0 Å². The van der Waals surface area contributed by atoms with Crippen molar-refractivity contribution in [2.75, 3.05) is 26.2 Å². The Balaban J connectivity index is 1.56. The lowest BCUT2D eigenvalue weighted by Gasteiger charge is -2.37. The van der Waals surface area contributed by atoms with Crippen molar-refractivity contribution >= 4 is 0 Å². The van der Waals surface area contributed by atoms with E-state index >= 15 is 0 Å². The van der Waals surface area contributed by atoms with Crippen molar-refractivity contribution in [2.24, 2.45) is 0 Å². The van der Waals surface area contributed by atoms with Crippen molar-refractivity contribution in [3.05, 3.63) is 58.4 Å². The van der Waals surface area contributed by atoms with Crippen molar-refractivity contribution in [2.45, 2.75) is 19.5 Å². The van der Waals surface area contributed by atoms with Gasteiger partial charge in [-0.25, -0.2) is 0 Å². The predicted molar refractivity (Wildman–Crippen MR) is 86.1 cm³/mol. The number of piperazine rings is 1. The minimum atomic E-state index is -0.393. The lowest BCUT2D eigenvalue weighted by atomic mass is 10.1. The van der Waals surface area contributed by atoms with Crippen LogP contribution in [0.2, 0.25) is 0 Å². The fourth-order valence-electron chi connectivity index (χ4n) is 2.89. The van der Waals surface area contributed by atoms with Gasteiger partial charge in [-0.1, -0.05) is 6.07 Å². The normalized spacial score (nSPS) is 18.0. The van der Waals surface area contributed by atoms with E-state index in [9.17, 15) is 9.90 Å². The predicted octanol–water partition coefficient (Wildman–Crippen LogP) is 1.62. The first-order valence-corrected chi connectivity index (χ1v) is 7.80. The Bertz CT molecular complexity index is 694. The zero-order valence-corrected chi connectivity index (χ0v) is 13.2. The SMILES string of the molecule is C[C@H](c1cccnc1)N1CCN(Cc2cc(=O)c(O)co2)CC1. The lowest BCUT2D eigenvalue weighted by Crippen LogP contribution is -2.46. The third kappa shape index (κ3) is 3.78. The second kappa shape index (κ2) is 6.93. The number of pyridine rings is 1. The molecule has 1 aliphatic rings. The van der Waals surface area contributed by atoms with Crippen LogP contribution in [-0.4, -0.2) is 46.1 Å². The highest BCUT2D eigenvalue weighted by Gasteiger charge is 2.22. The fraction of sp³-hybridized carbons (Fsp3) is 0.412. The third-order valence-electron chi connectivity index (χ3n) is 4.37. The third-order valence-corrected chi connectivity index (χ3v) is 4.37. The van der Waals surface area contributed by atoms with Gasteiger partial charge in [0, 0.05) is 50.7 Å². The molecule has 0 bridgehead atoms. The van der Waals surface area contributed by atoms with E-state index in [1.165, 1.54) is 11.6 Å². The Morgan fingerprint density at radius 2 is 2.13 bits per heavy atom. The van der Waals surface area contributed by atoms with Gasteiger partial charge in [-0.15, -0.1) is 0 Å². The summed E-state index contributed by atoms with van der Waals surface area (Å²) in [5.41, 5.74) is 0.834. The minimum absolute atomic E-state index is 0.344. The topological polar surface area (TPSA) is 69.8 Å². The van der Waals surface area contributed by atoms with E-state index in [2.05, 4.69) is 27.8 Å². The van der Waals surface area contributed by atoms with Gasteiger partial charge in [-0.3, -0.25) is 19.6 Å². The number of hydrogen-bond acceptors (Lipinski definition) is 6. The van der Waals surface area contributed by atoms with Crippen LogP contribution in [0.5, 0.6) is 5.75 Å². The van der Waals surface area contributed by atoms with Crippen molar-refractivity contribution in [1.82, 2.24) is 14.8 Å². The highest BCUT2D eigenvalue weighted by Crippen LogP contribution is 2.21. The Morgan fingerprint density at radius 3 is 2.78 bits per heavy atom. The molecule has 1 saturated heterocycles. The summed E-state index contributed by atoms with van der Waals surface area (Å²) < 4.78 is 5.27. The van der Waals surface area contributed by atoms with Gasteiger partial charge in [-0.2, -0.15) is 0 Å². The monoisotopic (exact) mass is 315 g/mol. The van der Waals surface area contributed by atoms with E-state index < -0.39 is 5.43 Å². The molecular weight excluding hydrogens is 294 g/mol. The minimum Gasteiger partial charge on any atom is -0.502 e. The molecular formula is C17H21N3O3. The quantitative estimate of drug-likeness (QED) is 0.924. The van der Waals surface area contributed by atoms with E-state index in [0.29, 0.717) is 18.3 Å². The molecule has 2 aromatic heterocycles. The zero-order chi connectivity index (χ0) is 16.2. The molecule has 2 aromatic rings. The maximum absolute atomic E-state index is 11.4. The van der Waals surface area contributed by atoms with Gasteiger partial charge in [0.05, 0.1) is 6.54 Å². The highest BCUT2D eigenvalue weighted by atomic mass is 16.4. The molecule has 3 heterocycles. The van der Waals surface area contributed by atoms with Gasteiger partial charge in [0.2, 0.25) is 5.43 Å². The van der Waals surface area contributed by atoms with Gasteiger partial charge in [-0.05, 0) is 18.6 Å². The summed E-state index contributed by atoms with van der Waals surface area (Å²) in [4.78, 5) is 20.3. The van der Waals surface area contributed by atoms with Crippen LogP contribution in [0.25, 0.3) is 0 Å². The molecule has 0 unspecified atom stereocenters. The Hall–Kier alpha value is -2.18. The molecule has 0 amide bonds. The molecule has 6 nitrogen and oxygen atoms in total. The summed E-state index contributed by atoms with van der Waals surface area (Å²) in [5, 5.41) is 9.22. The van der Waals surface area contributed by atoms with E-state index in [-0.39, 0.29) is 5.75 Å². The average molecular weight is 315 g/mol. The summed E-state index contributed by atoms with van der Waals surface area (Å²) in [6, 6.07) is 5.78. The van der Waals surface area contributed by atoms with Gasteiger partial charge >= 0.3 is 0 Å². The van der Waals surface area contributed by atoms with E-state index in [1.54, 1.807) is 6.20 Å². The highest BCUT2D eigenvalue weighted by molar-refractivity contribution is 5.16. The molecule has 0 saturated carbocycles. The standard InChI is InChI=1S/C17H21N3O3/c1-13(14-3-2-4-18-10-14)20-7-5-19(6-8-20)11-15-9-16(21)17(22)12-23-15/h2-4,9-10,12-13,22H,5-8,11H2,1H3/t13-/m1/s1.